The van der Waals surface area contributed by atoms with Gasteiger partial charge in [-0.2, -0.15) is 0 Å². The van der Waals surface area contributed by atoms with Crippen molar-refractivity contribution in [3.63, 3.8) is 0 Å². The Hall–Kier alpha value is -1.36. The highest BCUT2D eigenvalue weighted by Gasteiger charge is 2.29. The molecule has 0 saturated heterocycles. The molecule has 4 nitrogen and oxygen atoms in total. The van der Waals surface area contributed by atoms with Crippen LogP contribution in [0.25, 0.3) is 0 Å². The number of esters is 1. The Bertz CT molecular complexity index is 616. The number of rotatable bonds is 5. The van der Waals surface area contributed by atoms with E-state index >= 15 is 0 Å². The summed E-state index contributed by atoms with van der Waals surface area (Å²) in [6.45, 7) is 4.41. The van der Waals surface area contributed by atoms with Crippen molar-refractivity contribution in [2.45, 2.75) is 65.2 Å². The molecule has 132 valence electrons. The van der Waals surface area contributed by atoms with Gasteiger partial charge in [-0.05, 0) is 56.4 Å². The maximum absolute atomic E-state index is 12.4. The number of hydrogen-bond acceptors (Lipinski definition) is 4. The lowest BCUT2D eigenvalue weighted by atomic mass is 9.88. The summed E-state index contributed by atoms with van der Waals surface area (Å²) in [6.07, 6.45) is 8.32. The van der Waals surface area contributed by atoms with Crippen LogP contribution in [0.1, 0.15) is 73.2 Å². The molecule has 1 heterocycles. The summed E-state index contributed by atoms with van der Waals surface area (Å²) in [5.41, 5.74) is 1.72. The van der Waals surface area contributed by atoms with Gasteiger partial charge in [-0.25, -0.2) is 4.79 Å². The van der Waals surface area contributed by atoms with Crippen LogP contribution in [0.2, 0.25) is 0 Å². The summed E-state index contributed by atoms with van der Waals surface area (Å²) in [7, 11) is 0. The number of ether oxygens (including phenoxy) is 1. The van der Waals surface area contributed by atoms with Crippen LogP contribution in [-0.2, 0) is 22.4 Å². The quantitative estimate of drug-likeness (QED) is 0.792. The molecule has 0 aliphatic heterocycles. The first-order valence-electron chi connectivity index (χ1n) is 9.20. The smallest absolute Gasteiger partial charge is 0.341 e. The molecule has 0 unspecified atom stereocenters. The molecule has 1 fully saturated rings. The Labute approximate surface area is 148 Å². The van der Waals surface area contributed by atoms with Crippen LogP contribution in [0.4, 0.5) is 5.00 Å². The van der Waals surface area contributed by atoms with Crippen LogP contribution in [0, 0.1) is 11.8 Å². The van der Waals surface area contributed by atoms with Gasteiger partial charge in [-0.1, -0.05) is 19.8 Å². The molecule has 1 N–H and O–H groups in total. The summed E-state index contributed by atoms with van der Waals surface area (Å²) < 4.78 is 5.25. The number of hydrogen-bond donors (Lipinski definition) is 1. The molecule has 2 aliphatic rings. The van der Waals surface area contributed by atoms with Crippen molar-refractivity contribution in [2.75, 3.05) is 11.9 Å². The van der Waals surface area contributed by atoms with Gasteiger partial charge in [-0.15, -0.1) is 11.3 Å². The van der Waals surface area contributed by atoms with Crippen LogP contribution in [0.3, 0.4) is 0 Å². The summed E-state index contributed by atoms with van der Waals surface area (Å²) >= 11 is 1.57. The van der Waals surface area contributed by atoms with Crippen molar-refractivity contribution >= 4 is 28.2 Å². The van der Waals surface area contributed by atoms with Gasteiger partial charge < -0.3 is 10.1 Å². The van der Waals surface area contributed by atoms with Crippen molar-refractivity contribution in [3.05, 3.63) is 16.0 Å². The fourth-order valence-electron chi connectivity index (χ4n) is 3.91. The summed E-state index contributed by atoms with van der Waals surface area (Å²) in [5.74, 6) is 0.888. The van der Waals surface area contributed by atoms with Crippen LogP contribution < -0.4 is 5.32 Å². The van der Waals surface area contributed by atoms with Gasteiger partial charge in [0.1, 0.15) is 5.00 Å². The molecule has 5 heteroatoms. The molecule has 0 aromatic carbocycles. The third-order valence-corrected chi connectivity index (χ3v) is 6.36. The predicted molar refractivity (Wildman–Crippen MR) is 96.7 cm³/mol. The number of thiophene rings is 1. The zero-order chi connectivity index (χ0) is 17.1. The van der Waals surface area contributed by atoms with Gasteiger partial charge in [-0.3, -0.25) is 4.79 Å². The normalized spacial score (nSPS) is 20.7. The number of carbonyl (C=O) groups is 2. The summed E-state index contributed by atoms with van der Waals surface area (Å²) in [6, 6.07) is 0. The molecular weight excluding hydrogens is 322 g/mol. The first-order chi connectivity index (χ1) is 11.6. The molecule has 0 bridgehead atoms. The second kappa shape index (κ2) is 7.68. The lowest BCUT2D eigenvalue weighted by Crippen LogP contribution is -2.18. The molecule has 24 heavy (non-hydrogen) atoms. The van der Waals surface area contributed by atoms with E-state index in [4.69, 9.17) is 4.74 Å². The van der Waals surface area contributed by atoms with Gasteiger partial charge in [0.25, 0.3) is 0 Å². The van der Waals surface area contributed by atoms with Gasteiger partial charge >= 0.3 is 5.97 Å². The third-order valence-electron chi connectivity index (χ3n) is 5.19. The molecular formula is C19H27NO3S. The molecule has 0 spiro atoms. The molecule has 1 aromatic heterocycles. The number of anilines is 1. The summed E-state index contributed by atoms with van der Waals surface area (Å²) in [4.78, 5) is 26.1. The number of fused-ring (bicyclic) bond motifs is 1. The van der Waals surface area contributed by atoms with Crippen molar-refractivity contribution in [1.82, 2.24) is 0 Å². The predicted octanol–water partition coefficient (Wildman–Crippen LogP) is 4.57. The first kappa shape index (κ1) is 17.5. The maximum atomic E-state index is 12.4. The minimum atomic E-state index is -0.291. The van der Waals surface area contributed by atoms with Gasteiger partial charge in [0, 0.05) is 11.3 Å². The zero-order valence-electron chi connectivity index (χ0n) is 14.7. The van der Waals surface area contributed by atoms with Crippen LogP contribution in [0.15, 0.2) is 0 Å². The van der Waals surface area contributed by atoms with Crippen LogP contribution >= 0.6 is 11.3 Å². The second-order valence-corrected chi connectivity index (χ2v) is 8.28. The third kappa shape index (κ3) is 3.82. The van der Waals surface area contributed by atoms with E-state index in [9.17, 15) is 9.59 Å². The van der Waals surface area contributed by atoms with E-state index in [1.165, 1.54) is 17.7 Å². The fourth-order valence-corrected chi connectivity index (χ4v) is 5.33. The molecule has 0 radical (unpaired) electrons. The Balaban J connectivity index is 1.80. The van der Waals surface area contributed by atoms with Crippen LogP contribution in [-0.4, -0.2) is 18.5 Å². The largest absolute Gasteiger partial charge is 0.462 e. The van der Waals surface area contributed by atoms with E-state index in [2.05, 4.69) is 12.2 Å². The lowest BCUT2D eigenvalue weighted by Gasteiger charge is -2.18. The number of amides is 1. The Morgan fingerprint density at radius 3 is 2.71 bits per heavy atom. The van der Waals surface area contributed by atoms with Gasteiger partial charge in [0.05, 0.1) is 12.2 Å². The highest BCUT2D eigenvalue weighted by molar-refractivity contribution is 7.17. The average Bonchev–Trinajstić information content (AvgIpc) is 3.14. The Morgan fingerprint density at radius 1 is 1.25 bits per heavy atom. The first-order valence-corrected chi connectivity index (χ1v) is 10.0. The highest BCUT2D eigenvalue weighted by atomic mass is 32.1. The minimum Gasteiger partial charge on any atom is -0.462 e. The Kier molecular flexibility index (Phi) is 5.59. The second-order valence-electron chi connectivity index (χ2n) is 7.18. The molecule has 1 saturated carbocycles. The van der Waals surface area contributed by atoms with Crippen molar-refractivity contribution < 1.29 is 14.3 Å². The van der Waals surface area contributed by atoms with E-state index in [-0.39, 0.29) is 11.9 Å². The molecule has 1 aromatic rings. The maximum Gasteiger partial charge on any atom is 0.341 e. The van der Waals surface area contributed by atoms with E-state index in [1.807, 2.05) is 6.92 Å². The number of nitrogens with one attached hydrogen (secondary N) is 1. The fraction of sp³-hybridized carbons (Fsp3) is 0.684. The topological polar surface area (TPSA) is 55.4 Å². The standard InChI is InChI=1S/C19H27NO3S/c1-3-23-19(22)17-14-9-8-12(2)10-15(14)24-18(17)20-16(21)11-13-6-4-5-7-13/h12-13H,3-11H2,1-2H3,(H,20,21)/t12-/m1/s1. The molecule has 1 atom stereocenters. The molecule has 2 aliphatic carbocycles. The van der Waals surface area contributed by atoms with E-state index in [1.54, 1.807) is 11.3 Å². The average molecular weight is 349 g/mol. The highest BCUT2D eigenvalue weighted by Crippen LogP contribution is 2.40. The zero-order valence-corrected chi connectivity index (χ0v) is 15.5. The Morgan fingerprint density at radius 2 is 2.00 bits per heavy atom. The van der Waals surface area contributed by atoms with Crippen molar-refractivity contribution in [2.24, 2.45) is 11.8 Å². The lowest BCUT2D eigenvalue weighted by molar-refractivity contribution is -0.117. The van der Waals surface area contributed by atoms with Gasteiger partial charge in [0.2, 0.25) is 5.91 Å². The minimum absolute atomic E-state index is 0.0408. The van der Waals surface area contributed by atoms with E-state index < -0.39 is 0 Å². The van der Waals surface area contributed by atoms with Crippen molar-refractivity contribution in [3.8, 4) is 0 Å². The van der Waals surface area contributed by atoms with E-state index in [0.29, 0.717) is 35.4 Å². The molecule has 1 amide bonds. The van der Waals surface area contributed by atoms with Crippen LogP contribution in [0.5, 0.6) is 0 Å². The molecule has 3 rings (SSSR count). The van der Waals surface area contributed by atoms with Gasteiger partial charge in [0.15, 0.2) is 0 Å². The van der Waals surface area contributed by atoms with Crippen molar-refractivity contribution in [1.29, 1.82) is 0 Å². The SMILES string of the molecule is CCOC(=O)c1c(NC(=O)CC2CCCC2)sc2c1CC[C@@H](C)C2. The summed E-state index contributed by atoms with van der Waals surface area (Å²) in [5, 5.41) is 3.73. The van der Waals surface area contributed by atoms with E-state index in [0.717, 1.165) is 37.7 Å². The monoisotopic (exact) mass is 349 g/mol. The number of carbonyl (C=O) groups excluding carboxylic acids is 2.